The predicted octanol–water partition coefficient (Wildman–Crippen LogP) is 1.44. The van der Waals surface area contributed by atoms with Crippen LogP contribution in [0.2, 0.25) is 5.02 Å². The smallest absolute Gasteiger partial charge is 0.534 e. The molecule has 3 aromatic rings. The maximum absolute atomic E-state index is 14.7. The van der Waals surface area contributed by atoms with Crippen molar-refractivity contribution in [3.63, 3.8) is 0 Å². The molecular formula is C23H17BClF2N3O9. The third kappa shape index (κ3) is 5.35. The number of aromatic hydroxyl groups is 3. The minimum absolute atomic E-state index is 0.130. The normalized spacial score (nSPS) is 15.1. The summed E-state index contributed by atoms with van der Waals surface area (Å²) < 4.78 is 33.9. The molecule has 2 heterocycles. The molecule has 39 heavy (non-hydrogen) atoms. The molecule has 7 N–H and O–H groups in total. The largest absolute Gasteiger partial charge is 0.547 e. The number of halogens is 3. The van der Waals surface area contributed by atoms with Gasteiger partial charge in [-0.1, -0.05) is 17.7 Å². The average molecular weight is 564 g/mol. The van der Waals surface area contributed by atoms with Crippen LogP contribution in [0, 0.1) is 11.6 Å². The zero-order valence-corrected chi connectivity index (χ0v) is 20.1. The van der Waals surface area contributed by atoms with Gasteiger partial charge in [0.05, 0.1) is 22.7 Å². The van der Waals surface area contributed by atoms with Gasteiger partial charge in [0.2, 0.25) is 5.91 Å². The Bertz CT molecular complexity index is 1510. The summed E-state index contributed by atoms with van der Waals surface area (Å²) in [5, 5.41) is 52.6. The number of fused-ring (bicyclic) bond motifs is 1. The maximum Gasteiger partial charge on any atom is 0.547 e. The Labute approximate surface area is 222 Å². The minimum atomic E-state index is -1.90. The molecule has 12 nitrogen and oxygen atoms in total. The Kier molecular flexibility index (Phi) is 7.47. The number of aromatic nitrogens is 1. The number of benzene rings is 2. The van der Waals surface area contributed by atoms with Gasteiger partial charge >= 0.3 is 13.1 Å². The molecule has 0 saturated carbocycles. The van der Waals surface area contributed by atoms with E-state index in [4.69, 9.17) is 16.3 Å². The van der Waals surface area contributed by atoms with Crippen molar-refractivity contribution in [2.75, 3.05) is 0 Å². The third-order valence-corrected chi connectivity index (χ3v) is 6.14. The van der Waals surface area contributed by atoms with Crippen molar-refractivity contribution >= 4 is 36.5 Å². The van der Waals surface area contributed by atoms with Crippen molar-refractivity contribution in [3.8, 4) is 23.0 Å². The van der Waals surface area contributed by atoms with E-state index in [1.165, 1.54) is 6.07 Å². The number of carboxylic acids is 1. The Hall–Kier alpha value is -4.63. The highest BCUT2D eigenvalue weighted by Gasteiger charge is 2.40. The lowest BCUT2D eigenvalue weighted by Crippen LogP contribution is -2.55. The molecule has 2 amide bonds. The van der Waals surface area contributed by atoms with Gasteiger partial charge in [0.25, 0.3) is 5.91 Å². The van der Waals surface area contributed by atoms with E-state index in [9.17, 15) is 48.6 Å². The van der Waals surface area contributed by atoms with Crippen LogP contribution < -0.4 is 15.3 Å². The lowest BCUT2D eigenvalue weighted by molar-refractivity contribution is -0.123. The van der Waals surface area contributed by atoms with Crippen molar-refractivity contribution in [2.45, 2.75) is 18.4 Å². The molecule has 0 saturated heterocycles. The van der Waals surface area contributed by atoms with Crippen LogP contribution in [0.4, 0.5) is 8.78 Å². The van der Waals surface area contributed by atoms with E-state index in [2.05, 4.69) is 15.6 Å². The van der Waals surface area contributed by atoms with Crippen LogP contribution in [-0.2, 0) is 11.2 Å². The van der Waals surface area contributed by atoms with E-state index in [0.29, 0.717) is 6.07 Å². The Morgan fingerprint density at radius 1 is 1.13 bits per heavy atom. The fourth-order valence-electron chi connectivity index (χ4n) is 3.87. The fraction of sp³-hybridized carbons (Fsp3) is 0.130. The molecule has 1 aliphatic heterocycles. The van der Waals surface area contributed by atoms with Gasteiger partial charge in [0.1, 0.15) is 28.6 Å². The zero-order chi connectivity index (χ0) is 28.6. The second kappa shape index (κ2) is 10.6. The summed E-state index contributed by atoms with van der Waals surface area (Å²) in [6.07, 6.45) is 0.563. The van der Waals surface area contributed by atoms with Crippen molar-refractivity contribution in [1.29, 1.82) is 0 Å². The highest BCUT2D eigenvalue weighted by molar-refractivity contribution is 6.47. The molecule has 0 spiro atoms. The van der Waals surface area contributed by atoms with Crippen molar-refractivity contribution < 1.29 is 53.3 Å². The number of hydrogen-bond acceptors (Lipinski definition) is 9. The summed E-state index contributed by atoms with van der Waals surface area (Å²) in [5.74, 6) is -9.91. The Balaban J connectivity index is 1.64. The van der Waals surface area contributed by atoms with Crippen molar-refractivity contribution in [2.24, 2.45) is 0 Å². The summed E-state index contributed by atoms with van der Waals surface area (Å²) in [6, 6.07) is 2.77. The van der Waals surface area contributed by atoms with E-state index < -0.39 is 93.4 Å². The van der Waals surface area contributed by atoms with Gasteiger partial charge in [-0.2, -0.15) is 0 Å². The van der Waals surface area contributed by atoms with Crippen LogP contribution in [-0.4, -0.2) is 61.3 Å². The van der Waals surface area contributed by atoms with E-state index in [-0.39, 0.29) is 12.0 Å². The first-order valence-electron chi connectivity index (χ1n) is 10.9. The van der Waals surface area contributed by atoms with Gasteiger partial charge in [-0.05, 0) is 30.2 Å². The van der Waals surface area contributed by atoms with Gasteiger partial charge in [-0.3, -0.25) is 14.6 Å². The van der Waals surface area contributed by atoms with Gasteiger partial charge < -0.3 is 40.7 Å². The number of nitrogens with zero attached hydrogens (tertiary/aromatic N) is 1. The molecule has 1 aliphatic rings. The highest BCUT2D eigenvalue weighted by Crippen LogP contribution is 2.36. The number of carbonyl (C=O) groups is 3. The summed E-state index contributed by atoms with van der Waals surface area (Å²) >= 11 is 5.91. The molecule has 0 radical (unpaired) electrons. The van der Waals surface area contributed by atoms with Crippen molar-refractivity contribution in [1.82, 2.24) is 15.6 Å². The number of carboxylic acid groups (broad SMARTS) is 1. The van der Waals surface area contributed by atoms with Crippen LogP contribution >= 0.6 is 11.6 Å². The quantitative estimate of drug-likeness (QED) is 0.170. The standard InChI is InChI=1S/C23H17BClF2N3O9/c25-16-10(2-4-13(32)19(16)33)21(34)30-18(17-12(27)6-9(31)7-28-17)22(35)29-14-5-8-1-3-11(26)15(23(36)37)20(8)39-24(14)38/h1-4,6-7,14,18,31-33,38H,5H2,(H,29,35)(H,30,34)(H,36,37)/t14-,18?/m0/s1. The van der Waals surface area contributed by atoms with Crippen LogP contribution in [0.25, 0.3) is 0 Å². The van der Waals surface area contributed by atoms with E-state index in [0.717, 1.165) is 24.4 Å². The number of rotatable bonds is 6. The molecule has 16 heteroatoms. The molecule has 2 atom stereocenters. The number of nitrogens with one attached hydrogen (secondary N) is 2. The fourth-order valence-corrected chi connectivity index (χ4v) is 4.12. The van der Waals surface area contributed by atoms with Crippen LogP contribution in [0.5, 0.6) is 23.0 Å². The lowest BCUT2D eigenvalue weighted by atomic mass is 9.72. The first kappa shape index (κ1) is 27.4. The van der Waals surface area contributed by atoms with Gasteiger partial charge in [-0.25, -0.2) is 13.6 Å². The van der Waals surface area contributed by atoms with Crippen molar-refractivity contribution in [3.05, 3.63) is 75.6 Å². The second-order valence-electron chi connectivity index (χ2n) is 8.31. The summed E-state index contributed by atoms with van der Waals surface area (Å²) in [5.41, 5.74) is -1.74. The predicted molar refractivity (Wildman–Crippen MR) is 128 cm³/mol. The first-order chi connectivity index (χ1) is 18.4. The third-order valence-electron chi connectivity index (χ3n) is 5.76. The maximum atomic E-state index is 14.7. The number of phenols is 2. The topological polar surface area (TPSA) is 199 Å². The molecule has 202 valence electrons. The van der Waals surface area contributed by atoms with E-state index >= 15 is 0 Å². The number of pyridine rings is 1. The second-order valence-corrected chi connectivity index (χ2v) is 8.68. The molecule has 1 aromatic heterocycles. The molecule has 0 fully saturated rings. The first-order valence-corrected chi connectivity index (χ1v) is 11.3. The molecule has 0 bridgehead atoms. The number of carbonyl (C=O) groups excluding carboxylic acids is 2. The van der Waals surface area contributed by atoms with Gasteiger partial charge in [0, 0.05) is 6.07 Å². The number of phenolic OH excluding ortho intramolecular Hbond substituents is 2. The SMILES string of the molecule is O=C(NC(C(=O)N[C@H]1Cc2ccc(F)c(C(=O)O)c2OB1O)c1ncc(O)cc1F)c1ccc(O)c(O)c1Cl. The Morgan fingerprint density at radius 2 is 1.85 bits per heavy atom. The molecule has 4 rings (SSSR count). The van der Waals surface area contributed by atoms with Gasteiger partial charge in [-0.15, -0.1) is 0 Å². The highest BCUT2D eigenvalue weighted by atomic mass is 35.5. The number of hydrogen-bond donors (Lipinski definition) is 7. The van der Waals surface area contributed by atoms with Gasteiger partial charge in [0.15, 0.2) is 23.4 Å². The molecular weight excluding hydrogens is 547 g/mol. The average Bonchev–Trinajstić information content (AvgIpc) is 2.86. The Morgan fingerprint density at radius 3 is 2.51 bits per heavy atom. The van der Waals surface area contributed by atoms with Crippen LogP contribution in [0.1, 0.15) is 38.0 Å². The number of aromatic carboxylic acids is 1. The number of amides is 2. The molecule has 0 aliphatic carbocycles. The molecule has 2 aromatic carbocycles. The van der Waals surface area contributed by atoms with Crippen LogP contribution in [0.3, 0.4) is 0 Å². The summed E-state index contributed by atoms with van der Waals surface area (Å²) in [4.78, 5) is 41.3. The minimum Gasteiger partial charge on any atom is -0.534 e. The van der Waals surface area contributed by atoms with E-state index in [1.54, 1.807) is 0 Å². The lowest BCUT2D eigenvalue weighted by Gasteiger charge is -2.30. The zero-order valence-electron chi connectivity index (χ0n) is 19.4. The monoisotopic (exact) mass is 563 g/mol. The van der Waals surface area contributed by atoms with Crippen LogP contribution in [0.15, 0.2) is 36.5 Å². The molecule has 1 unspecified atom stereocenters. The van der Waals surface area contributed by atoms with E-state index in [1.807, 2.05) is 0 Å². The summed E-state index contributed by atoms with van der Waals surface area (Å²) in [6.45, 7) is 0. The summed E-state index contributed by atoms with van der Waals surface area (Å²) in [7, 11) is -1.88.